The second kappa shape index (κ2) is 5.19. The van der Waals surface area contributed by atoms with E-state index in [2.05, 4.69) is 75.5 Å². The molecule has 2 aromatic rings. The standard InChI is InChI=1S/C15H16S2/c1-10-7-12(3-5-14(10)16)9-13-4-6-15(17)11(2)8-13/h3-8,16-17H,9H2,1-2H3. The minimum absolute atomic E-state index is 0.962. The van der Waals surface area contributed by atoms with Crippen molar-refractivity contribution in [2.75, 3.05) is 0 Å². The van der Waals surface area contributed by atoms with Crippen LogP contribution < -0.4 is 0 Å². The summed E-state index contributed by atoms with van der Waals surface area (Å²) in [6.45, 7) is 4.18. The van der Waals surface area contributed by atoms with Gasteiger partial charge >= 0.3 is 0 Å². The van der Waals surface area contributed by atoms with E-state index in [9.17, 15) is 0 Å². The van der Waals surface area contributed by atoms with Crippen LogP contribution in [-0.4, -0.2) is 0 Å². The van der Waals surface area contributed by atoms with Crippen LogP contribution >= 0.6 is 25.3 Å². The average molecular weight is 260 g/mol. The molecular formula is C15H16S2. The van der Waals surface area contributed by atoms with Gasteiger partial charge in [0.1, 0.15) is 0 Å². The Balaban J connectivity index is 2.25. The maximum Gasteiger partial charge on any atom is 0.00694 e. The van der Waals surface area contributed by atoms with Gasteiger partial charge < -0.3 is 0 Å². The van der Waals surface area contributed by atoms with Crippen molar-refractivity contribution in [1.82, 2.24) is 0 Å². The number of rotatable bonds is 2. The van der Waals surface area contributed by atoms with Gasteiger partial charge in [-0.2, -0.15) is 0 Å². The lowest BCUT2D eigenvalue weighted by Crippen LogP contribution is -1.91. The van der Waals surface area contributed by atoms with Crippen LogP contribution in [0.2, 0.25) is 0 Å². The van der Waals surface area contributed by atoms with Crippen molar-refractivity contribution in [2.45, 2.75) is 30.1 Å². The molecule has 0 aromatic heterocycles. The molecule has 0 saturated heterocycles. The molecule has 0 bridgehead atoms. The van der Waals surface area contributed by atoms with Crippen molar-refractivity contribution in [3.63, 3.8) is 0 Å². The largest absolute Gasteiger partial charge is 0.143 e. The predicted molar refractivity (Wildman–Crippen MR) is 79.7 cm³/mol. The summed E-state index contributed by atoms with van der Waals surface area (Å²) in [5, 5.41) is 0. The van der Waals surface area contributed by atoms with Crippen molar-refractivity contribution in [2.24, 2.45) is 0 Å². The zero-order valence-corrected chi connectivity index (χ0v) is 11.9. The van der Waals surface area contributed by atoms with Gasteiger partial charge in [-0.05, 0) is 54.7 Å². The summed E-state index contributed by atoms with van der Waals surface area (Å²) in [7, 11) is 0. The fourth-order valence-electron chi connectivity index (χ4n) is 1.89. The molecule has 0 N–H and O–H groups in total. The van der Waals surface area contributed by atoms with E-state index in [1.54, 1.807) is 0 Å². The molecule has 0 heterocycles. The quantitative estimate of drug-likeness (QED) is 0.731. The fourth-order valence-corrected chi connectivity index (χ4v) is 2.17. The lowest BCUT2D eigenvalue weighted by atomic mass is 10.0. The van der Waals surface area contributed by atoms with E-state index in [1.807, 2.05) is 0 Å². The highest BCUT2D eigenvalue weighted by atomic mass is 32.1. The van der Waals surface area contributed by atoms with Crippen molar-refractivity contribution in [3.05, 3.63) is 58.7 Å². The van der Waals surface area contributed by atoms with Crippen LogP contribution in [0.1, 0.15) is 22.3 Å². The van der Waals surface area contributed by atoms with E-state index in [4.69, 9.17) is 0 Å². The highest BCUT2D eigenvalue weighted by Crippen LogP contribution is 2.20. The molecule has 2 rings (SSSR count). The van der Waals surface area contributed by atoms with Crippen molar-refractivity contribution in [3.8, 4) is 0 Å². The van der Waals surface area contributed by atoms with E-state index in [0.717, 1.165) is 16.2 Å². The normalized spacial score (nSPS) is 10.6. The molecule has 17 heavy (non-hydrogen) atoms. The molecule has 0 aliphatic carbocycles. The Labute approximate surface area is 114 Å². The minimum atomic E-state index is 0.962. The van der Waals surface area contributed by atoms with Gasteiger partial charge in [0, 0.05) is 9.79 Å². The smallest absolute Gasteiger partial charge is 0.00694 e. The number of hydrogen-bond donors (Lipinski definition) is 2. The molecule has 0 amide bonds. The summed E-state index contributed by atoms with van der Waals surface area (Å²) in [6.07, 6.45) is 0.962. The van der Waals surface area contributed by atoms with Crippen LogP contribution in [-0.2, 0) is 6.42 Å². The maximum absolute atomic E-state index is 4.39. The molecule has 0 unspecified atom stereocenters. The molecular weight excluding hydrogens is 244 g/mol. The molecule has 0 radical (unpaired) electrons. The Kier molecular flexibility index (Phi) is 3.85. The number of thiol groups is 2. The zero-order valence-electron chi connectivity index (χ0n) is 10.1. The molecule has 0 saturated carbocycles. The molecule has 2 aromatic carbocycles. The molecule has 0 fully saturated rings. The Morgan fingerprint density at radius 3 is 1.53 bits per heavy atom. The molecule has 0 aliphatic heterocycles. The Hall–Kier alpha value is -0.860. The van der Waals surface area contributed by atoms with E-state index < -0.39 is 0 Å². The third-order valence-electron chi connectivity index (χ3n) is 2.93. The first kappa shape index (κ1) is 12.6. The molecule has 0 aliphatic rings. The highest BCUT2D eigenvalue weighted by Gasteiger charge is 2.01. The van der Waals surface area contributed by atoms with Gasteiger partial charge in [-0.25, -0.2) is 0 Å². The van der Waals surface area contributed by atoms with Gasteiger partial charge in [0.15, 0.2) is 0 Å². The maximum atomic E-state index is 4.39. The fraction of sp³-hybridized carbons (Fsp3) is 0.200. The van der Waals surface area contributed by atoms with E-state index in [0.29, 0.717) is 0 Å². The van der Waals surface area contributed by atoms with E-state index in [-0.39, 0.29) is 0 Å². The Morgan fingerprint density at radius 1 is 0.765 bits per heavy atom. The summed E-state index contributed by atoms with van der Waals surface area (Å²) in [5.74, 6) is 0. The predicted octanol–water partition coefficient (Wildman–Crippen LogP) is 4.47. The molecule has 0 atom stereocenters. The second-order valence-electron chi connectivity index (χ2n) is 4.42. The second-order valence-corrected chi connectivity index (χ2v) is 5.38. The molecule has 0 nitrogen and oxygen atoms in total. The number of hydrogen-bond acceptors (Lipinski definition) is 2. The van der Waals surface area contributed by atoms with Gasteiger partial charge in [0.05, 0.1) is 0 Å². The van der Waals surface area contributed by atoms with E-state index in [1.165, 1.54) is 22.3 Å². The first-order valence-electron chi connectivity index (χ1n) is 5.63. The van der Waals surface area contributed by atoms with Crippen LogP contribution in [0.5, 0.6) is 0 Å². The molecule has 88 valence electrons. The first-order chi connectivity index (χ1) is 8.06. The van der Waals surface area contributed by atoms with Gasteiger partial charge in [-0.1, -0.05) is 24.3 Å². The van der Waals surface area contributed by atoms with Crippen LogP contribution in [0, 0.1) is 13.8 Å². The molecule has 2 heteroatoms. The minimum Gasteiger partial charge on any atom is -0.143 e. The van der Waals surface area contributed by atoms with Crippen LogP contribution in [0.3, 0.4) is 0 Å². The zero-order chi connectivity index (χ0) is 12.4. The monoisotopic (exact) mass is 260 g/mol. The number of aryl methyl sites for hydroxylation is 2. The summed E-state index contributed by atoms with van der Waals surface area (Å²) in [5.41, 5.74) is 5.11. The Morgan fingerprint density at radius 2 is 1.18 bits per heavy atom. The summed E-state index contributed by atoms with van der Waals surface area (Å²) in [4.78, 5) is 2.10. The van der Waals surface area contributed by atoms with Crippen molar-refractivity contribution >= 4 is 25.3 Å². The topological polar surface area (TPSA) is 0 Å². The lowest BCUT2D eigenvalue weighted by Gasteiger charge is -2.07. The highest BCUT2D eigenvalue weighted by molar-refractivity contribution is 7.80. The van der Waals surface area contributed by atoms with Crippen LogP contribution in [0.4, 0.5) is 0 Å². The SMILES string of the molecule is Cc1cc(Cc2ccc(S)c(C)c2)ccc1S. The Bertz CT molecular complexity index is 495. The van der Waals surface area contributed by atoms with Crippen molar-refractivity contribution in [1.29, 1.82) is 0 Å². The van der Waals surface area contributed by atoms with E-state index >= 15 is 0 Å². The van der Waals surface area contributed by atoms with Gasteiger partial charge in [-0.15, -0.1) is 25.3 Å². The average Bonchev–Trinajstić information content (AvgIpc) is 2.29. The number of benzene rings is 2. The van der Waals surface area contributed by atoms with Gasteiger partial charge in [0.25, 0.3) is 0 Å². The van der Waals surface area contributed by atoms with Crippen LogP contribution in [0.15, 0.2) is 46.2 Å². The lowest BCUT2D eigenvalue weighted by molar-refractivity contribution is 1.13. The summed E-state index contributed by atoms with van der Waals surface area (Å²) in [6, 6.07) is 12.8. The van der Waals surface area contributed by atoms with Gasteiger partial charge in [0.2, 0.25) is 0 Å². The van der Waals surface area contributed by atoms with Crippen LogP contribution in [0.25, 0.3) is 0 Å². The van der Waals surface area contributed by atoms with Crippen molar-refractivity contribution < 1.29 is 0 Å². The third kappa shape index (κ3) is 3.08. The summed E-state index contributed by atoms with van der Waals surface area (Å²) >= 11 is 8.78. The van der Waals surface area contributed by atoms with Gasteiger partial charge in [-0.3, -0.25) is 0 Å². The third-order valence-corrected chi connectivity index (χ3v) is 3.93. The first-order valence-corrected chi connectivity index (χ1v) is 6.52. The summed E-state index contributed by atoms with van der Waals surface area (Å²) < 4.78 is 0. The molecule has 0 spiro atoms.